The second-order valence-corrected chi connectivity index (χ2v) is 6.58. The molecular weight excluding hydrogens is 382 g/mol. The first-order chi connectivity index (χ1) is 14.6. The number of para-hydroxylation sites is 1. The van der Waals surface area contributed by atoms with Crippen LogP contribution in [0.25, 0.3) is 22.4 Å². The molecule has 0 aliphatic rings. The van der Waals surface area contributed by atoms with Gasteiger partial charge in [-0.2, -0.15) is 0 Å². The molecule has 1 N–H and O–H groups in total. The Labute approximate surface area is 172 Å². The summed E-state index contributed by atoms with van der Waals surface area (Å²) >= 11 is 0. The molecule has 0 aliphatic heterocycles. The summed E-state index contributed by atoms with van der Waals surface area (Å²) in [5.41, 5.74) is 3.02. The van der Waals surface area contributed by atoms with Gasteiger partial charge in [0.15, 0.2) is 5.76 Å². The van der Waals surface area contributed by atoms with Gasteiger partial charge in [-0.3, -0.25) is 9.69 Å². The molecule has 0 aliphatic carbocycles. The van der Waals surface area contributed by atoms with E-state index in [4.69, 9.17) is 9.15 Å². The van der Waals surface area contributed by atoms with Crippen LogP contribution in [-0.2, 0) is 4.74 Å². The Kier molecular flexibility index (Phi) is 5.17. The lowest BCUT2D eigenvalue weighted by Crippen LogP contribution is -2.25. The van der Waals surface area contributed by atoms with Crippen molar-refractivity contribution in [3.8, 4) is 11.5 Å². The van der Waals surface area contributed by atoms with Crippen molar-refractivity contribution < 1.29 is 18.7 Å². The zero-order chi connectivity index (χ0) is 21.1. The maximum atomic E-state index is 13.1. The van der Waals surface area contributed by atoms with Gasteiger partial charge in [0.2, 0.25) is 0 Å². The van der Waals surface area contributed by atoms with Gasteiger partial charge in [0.05, 0.1) is 24.5 Å². The fourth-order valence-corrected chi connectivity index (χ4v) is 3.12. The van der Waals surface area contributed by atoms with Gasteiger partial charge in [-0.25, -0.2) is 9.78 Å². The Morgan fingerprint density at radius 1 is 1.03 bits per heavy atom. The minimum absolute atomic E-state index is 0.268. The number of rotatable bonds is 4. The molecule has 4 rings (SSSR count). The summed E-state index contributed by atoms with van der Waals surface area (Å²) in [6, 6.07) is 19.7. The number of benzene rings is 2. The average molecular weight is 401 g/mol. The first-order valence-corrected chi connectivity index (χ1v) is 9.23. The van der Waals surface area contributed by atoms with Crippen molar-refractivity contribution in [1.82, 2.24) is 4.98 Å². The first kappa shape index (κ1) is 19.2. The van der Waals surface area contributed by atoms with Crippen molar-refractivity contribution in [2.45, 2.75) is 0 Å². The number of anilines is 2. The highest BCUT2D eigenvalue weighted by Gasteiger charge is 2.16. The average Bonchev–Trinajstić information content (AvgIpc) is 3.33. The predicted octanol–water partition coefficient (Wildman–Crippen LogP) is 4.95. The predicted molar refractivity (Wildman–Crippen MR) is 115 cm³/mol. The molecule has 0 unspecified atom stereocenters. The van der Waals surface area contributed by atoms with E-state index in [1.165, 1.54) is 12.0 Å². The number of methoxy groups -OCH3 is 1. The molecule has 2 aromatic carbocycles. The summed E-state index contributed by atoms with van der Waals surface area (Å²) < 4.78 is 10.2. The van der Waals surface area contributed by atoms with Crippen LogP contribution in [0.2, 0.25) is 0 Å². The van der Waals surface area contributed by atoms with Crippen LogP contribution in [0.5, 0.6) is 0 Å². The molecule has 2 heterocycles. The summed E-state index contributed by atoms with van der Waals surface area (Å²) in [6.45, 7) is 0. The molecule has 150 valence electrons. The third kappa shape index (κ3) is 3.73. The molecule has 30 heavy (non-hydrogen) atoms. The summed E-state index contributed by atoms with van der Waals surface area (Å²) in [6.07, 6.45) is 1.10. The third-order valence-corrected chi connectivity index (χ3v) is 4.70. The zero-order valence-electron chi connectivity index (χ0n) is 16.5. The number of carbonyl (C=O) groups is 2. The van der Waals surface area contributed by atoms with E-state index in [1.807, 2.05) is 24.3 Å². The molecule has 2 amide bonds. The molecule has 0 atom stereocenters. The monoisotopic (exact) mass is 401 g/mol. The number of aromatic nitrogens is 1. The molecule has 7 heteroatoms. The van der Waals surface area contributed by atoms with Gasteiger partial charge in [-0.1, -0.05) is 18.2 Å². The highest BCUT2D eigenvalue weighted by molar-refractivity contribution is 6.13. The number of pyridine rings is 1. The molecule has 0 spiro atoms. The van der Waals surface area contributed by atoms with Gasteiger partial charge in [0, 0.05) is 23.8 Å². The summed E-state index contributed by atoms with van der Waals surface area (Å²) in [4.78, 5) is 30.7. The van der Waals surface area contributed by atoms with E-state index in [1.54, 1.807) is 55.8 Å². The van der Waals surface area contributed by atoms with E-state index in [0.29, 0.717) is 33.9 Å². The Morgan fingerprint density at radius 3 is 2.50 bits per heavy atom. The van der Waals surface area contributed by atoms with Crippen molar-refractivity contribution >= 4 is 34.3 Å². The maximum Gasteiger partial charge on any atom is 0.413 e. The lowest BCUT2D eigenvalue weighted by atomic mass is 10.1. The van der Waals surface area contributed by atoms with Crippen molar-refractivity contribution in [2.75, 3.05) is 24.4 Å². The van der Waals surface area contributed by atoms with Gasteiger partial charge >= 0.3 is 6.09 Å². The molecular formula is C23H19N3O4. The third-order valence-electron chi connectivity index (χ3n) is 4.70. The number of hydrogen-bond donors (Lipinski definition) is 1. The van der Waals surface area contributed by atoms with E-state index in [9.17, 15) is 9.59 Å². The topological polar surface area (TPSA) is 84.7 Å². The van der Waals surface area contributed by atoms with Crippen LogP contribution >= 0.6 is 0 Å². The normalized spacial score (nSPS) is 10.6. The van der Waals surface area contributed by atoms with Gasteiger partial charge < -0.3 is 14.5 Å². The number of fused-ring (bicyclic) bond motifs is 1. The number of furan rings is 1. The van der Waals surface area contributed by atoms with Crippen LogP contribution in [-0.4, -0.2) is 31.1 Å². The molecule has 2 aromatic heterocycles. The van der Waals surface area contributed by atoms with E-state index in [0.717, 1.165) is 5.39 Å². The minimum Gasteiger partial charge on any atom is -0.463 e. The van der Waals surface area contributed by atoms with Gasteiger partial charge in [0.1, 0.15) is 5.69 Å². The molecule has 0 fully saturated rings. The fraction of sp³-hybridized carbons (Fsp3) is 0.0870. The Bertz CT molecular complexity index is 1200. The van der Waals surface area contributed by atoms with Crippen LogP contribution in [0.1, 0.15) is 10.4 Å². The molecule has 0 saturated carbocycles. The van der Waals surface area contributed by atoms with Crippen molar-refractivity contribution in [1.29, 1.82) is 0 Å². The van der Waals surface area contributed by atoms with Crippen LogP contribution in [0, 0.1) is 0 Å². The summed E-state index contributed by atoms with van der Waals surface area (Å²) in [5.74, 6) is 0.320. The van der Waals surface area contributed by atoms with Crippen molar-refractivity contribution in [3.05, 3.63) is 78.6 Å². The number of nitrogens with zero attached hydrogens (tertiary/aromatic N) is 2. The Morgan fingerprint density at radius 2 is 1.80 bits per heavy atom. The van der Waals surface area contributed by atoms with E-state index in [2.05, 4.69) is 10.3 Å². The lowest BCUT2D eigenvalue weighted by Gasteiger charge is -2.16. The molecule has 0 bridgehead atoms. The minimum atomic E-state index is -0.472. The van der Waals surface area contributed by atoms with Crippen LogP contribution in [0.4, 0.5) is 16.2 Å². The van der Waals surface area contributed by atoms with E-state index in [-0.39, 0.29) is 5.91 Å². The highest BCUT2D eigenvalue weighted by atomic mass is 16.5. The van der Waals surface area contributed by atoms with Crippen molar-refractivity contribution in [3.63, 3.8) is 0 Å². The number of nitrogens with one attached hydrogen (secondary N) is 1. The summed E-state index contributed by atoms with van der Waals surface area (Å²) in [5, 5.41) is 3.64. The van der Waals surface area contributed by atoms with Crippen molar-refractivity contribution in [2.24, 2.45) is 0 Å². The molecule has 4 aromatic rings. The van der Waals surface area contributed by atoms with Crippen LogP contribution in [0.3, 0.4) is 0 Å². The van der Waals surface area contributed by atoms with E-state index < -0.39 is 6.09 Å². The number of amides is 2. The van der Waals surface area contributed by atoms with E-state index >= 15 is 0 Å². The van der Waals surface area contributed by atoms with Gasteiger partial charge in [-0.15, -0.1) is 0 Å². The standard InChI is InChI=1S/C23H19N3O4/c1-26(23(28)29-2)16-11-9-15(10-12-16)24-22(27)18-14-20(21-8-5-13-30-21)25-19-7-4-3-6-17(18)19/h3-14H,1-2H3,(H,24,27). The second kappa shape index (κ2) is 8.08. The largest absolute Gasteiger partial charge is 0.463 e. The number of hydrogen-bond acceptors (Lipinski definition) is 5. The SMILES string of the molecule is COC(=O)N(C)c1ccc(NC(=O)c2cc(-c3ccco3)nc3ccccc23)cc1. The van der Waals surface area contributed by atoms with Gasteiger partial charge in [-0.05, 0) is 48.5 Å². The maximum absolute atomic E-state index is 13.1. The highest BCUT2D eigenvalue weighted by Crippen LogP contribution is 2.26. The van der Waals surface area contributed by atoms with Gasteiger partial charge in [0.25, 0.3) is 5.91 Å². The lowest BCUT2D eigenvalue weighted by molar-refractivity contribution is 0.102. The van der Waals surface area contributed by atoms with Crippen LogP contribution < -0.4 is 10.2 Å². The molecule has 7 nitrogen and oxygen atoms in total. The quantitative estimate of drug-likeness (QED) is 0.523. The second-order valence-electron chi connectivity index (χ2n) is 6.58. The van der Waals surface area contributed by atoms with Crippen LogP contribution in [0.15, 0.2) is 77.4 Å². The Balaban J connectivity index is 1.64. The number of ether oxygens (including phenoxy) is 1. The molecule has 0 radical (unpaired) electrons. The Hall–Kier alpha value is -4.13. The first-order valence-electron chi connectivity index (χ1n) is 9.23. The summed E-state index contributed by atoms with van der Waals surface area (Å²) in [7, 11) is 2.93. The zero-order valence-corrected chi connectivity index (χ0v) is 16.5. The molecule has 0 saturated heterocycles. The fourth-order valence-electron chi connectivity index (χ4n) is 3.12. The smallest absolute Gasteiger partial charge is 0.413 e. The number of carbonyl (C=O) groups excluding carboxylic acids is 2.